The number of oxime groups is 1. The molecule has 4 bridgehead atoms. The molecule has 3 heterocycles. The van der Waals surface area contributed by atoms with Crippen molar-refractivity contribution in [2.45, 2.75) is 115 Å². The van der Waals surface area contributed by atoms with Gasteiger partial charge in [-0.15, -0.1) is 0 Å². The average Bonchev–Trinajstić information content (AvgIpc) is 2.94. The molecule has 2 saturated heterocycles. The van der Waals surface area contributed by atoms with Gasteiger partial charge in [0.25, 0.3) is 11.5 Å². The number of carbonyl (C=O) groups excluding carboxylic acids is 1. The first kappa shape index (κ1) is 28.8. The molecule has 3 N–H and O–H groups in total. The molecule has 2 aliphatic heterocycles. The highest BCUT2D eigenvalue weighted by Crippen LogP contribution is 2.47. The van der Waals surface area contributed by atoms with E-state index >= 15 is 0 Å². The Hall–Kier alpha value is -3.27. The van der Waals surface area contributed by atoms with Crippen molar-refractivity contribution in [2.75, 3.05) is 0 Å². The molecule has 4 fully saturated rings. The Bertz CT molecular complexity index is 1410. The lowest BCUT2D eigenvalue weighted by atomic mass is 9.68. The molecule has 4 unspecified atom stereocenters. The van der Waals surface area contributed by atoms with E-state index in [1.165, 1.54) is 44.9 Å². The number of hydrogen-bond donors (Lipinski definition) is 2. The molecule has 6 atom stereocenters. The van der Waals surface area contributed by atoms with Crippen LogP contribution >= 0.6 is 0 Å². The number of hydrogen-bond acceptors (Lipinski definition) is 7. The monoisotopic (exact) mass is 577 g/mol. The summed E-state index contributed by atoms with van der Waals surface area (Å²) in [5.41, 5.74) is 5.23. The van der Waals surface area contributed by atoms with Gasteiger partial charge in [-0.1, -0.05) is 56.8 Å². The lowest BCUT2D eigenvalue weighted by Gasteiger charge is -2.55. The van der Waals surface area contributed by atoms with Crippen molar-refractivity contribution in [1.29, 1.82) is 0 Å². The van der Waals surface area contributed by atoms with Crippen LogP contribution in [-0.4, -0.2) is 61.4 Å². The maximum atomic E-state index is 14.2. The summed E-state index contributed by atoms with van der Waals surface area (Å²) in [6, 6.07) is 8.74. The van der Waals surface area contributed by atoms with Gasteiger partial charge in [0.2, 0.25) is 11.8 Å². The van der Waals surface area contributed by atoms with Crippen LogP contribution in [0.4, 0.5) is 0 Å². The van der Waals surface area contributed by atoms with Crippen LogP contribution in [0.3, 0.4) is 0 Å². The molecule has 1 aromatic carbocycles. The maximum absolute atomic E-state index is 14.2. The first-order valence-corrected chi connectivity index (χ1v) is 15.8. The smallest absolute Gasteiger partial charge is 0.360 e. The number of nitrogens with two attached hydrogens (primary N) is 1. The van der Waals surface area contributed by atoms with Crippen LogP contribution in [-0.2, 0) is 14.4 Å². The second kappa shape index (κ2) is 11.8. The topological polar surface area (TPSA) is 140 Å². The minimum absolute atomic E-state index is 0.0798. The zero-order valence-electron chi connectivity index (χ0n) is 24.7. The number of piperidine rings is 2. The van der Waals surface area contributed by atoms with E-state index in [1.807, 2.05) is 18.2 Å². The number of nitrogens with zero attached hydrogens (tertiary/aromatic N) is 4. The number of benzene rings is 1. The van der Waals surface area contributed by atoms with Crippen LogP contribution in [0.15, 0.2) is 34.2 Å². The molecule has 2 saturated carbocycles. The molecular weight excluding hydrogens is 534 g/mol. The summed E-state index contributed by atoms with van der Waals surface area (Å²) in [5, 5.41) is 13.9. The zero-order chi connectivity index (χ0) is 29.5. The number of carboxylic acids is 1. The quantitative estimate of drug-likeness (QED) is 0.353. The normalized spacial score (nSPS) is 30.7. The Morgan fingerprint density at radius 1 is 0.952 bits per heavy atom. The van der Waals surface area contributed by atoms with E-state index in [1.54, 1.807) is 24.5 Å². The Kier molecular flexibility index (Phi) is 8.09. The number of rotatable bonds is 8. The molecule has 4 aliphatic rings. The fourth-order valence-electron chi connectivity index (χ4n) is 8.60. The number of carbonyl (C=O) groups is 2. The summed E-state index contributed by atoms with van der Waals surface area (Å²) < 4.78 is 1.77. The van der Waals surface area contributed by atoms with E-state index in [9.17, 15) is 19.5 Å². The number of aromatic nitrogens is 2. The highest BCUT2D eigenvalue weighted by Gasteiger charge is 2.45. The number of para-hydroxylation sites is 2. The SMILES string of the molecule is CC(C)C(ON=C(C(=O)O)c1nc2ccccc2n(C2C[C@H]3CCC[C@@H](C2)N3C2CC3CCCC(C3)C2)c1=O)C(N)=O. The van der Waals surface area contributed by atoms with Crippen LogP contribution in [0.2, 0.25) is 0 Å². The number of aliphatic carboxylic acids is 1. The van der Waals surface area contributed by atoms with Gasteiger partial charge >= 0.3 is 5.97 Å². The van der Waals surface area contributed by atoms with Crippen molar-refractivity contribution in [3.63, 3.8) is 0 Å². The van der Waals surface area contributed by atoms with Crippen molar-refractivity contribution in [3.05, 3.63) is 40.3 Å². The second-order valence-corrected chi connectivity index (χ2v) is 13.4. The molecule has 1 amide bonds. The molecule has 0 radical (unpaired) electrons. The summed E-state index contributed by atoms with van der Waals surface area (Å²) in [7, 11) is 0. The molecule has 2 aliphatic carbocycles. The van der Waals surface area contributed by atoms with E-state index < -0.39 is 29.3 Å². The molecule has 42 heavy (non-hydrogen) atoms. The van der Waals surface area contributed by atoms with E-state index in [-0.39, 0.29) is 17.7 Å². The van der Waals surface area contributed by atoms with Gasteiger partial charge in [-0.2, -0.15) is 0 Å². The number of carboxylic acid groups (broad SMARTS) is 1. The summed E-state index contributed by atoms with van der Waals surface area (Å²) in [6.45, 7) is 3.44. The Labute approximate surface area is 246 Å². The highest BCUT2D eigenvalue weighted by molar-refractivity contribution is 6.41. The van der Waals surface area contributed by atoms with Gasteiger partial charge in [-0.05, 0) is 68.9 Å². The predicted octanol–water partition coefficient (Wildman–Crippen LogP) is 4.24. The molecule has 10 heteroatoms. The summed E-state index contributed by atoms with van der Waals surface area (Å²) in [4.78, 5) is 51.0. The second-order valence-electron chi connectivity index (χ2n) is 13.4. The first-order chi connectivity index (χ1) is 20.2. The van der Waals surface area contributed by atoms with Crippen molar-refractivity contribution in [2.24, 2.45) is 28.6 Å². The van der Waals surface area contributed by atoms with E-state index in [0.717, 1.165) is 37.5 Å². The fourth-order valence-corrected chi connectivity index (χ4v) is 8.60. The van der Waals surface area contributed by atoms with Crippen LogP contribution in [0.25, 0.3) is 11.0 Å². The maximum Gasteiger partial charge on any atom is 0.360 e. The molecular formula is C32H43N5O5. The zero-order valence-corrected chi connectivity index (χ0v) is 24.7. The minimum Gasteiger partial charge on any atom is -0.476 e. The van der Waals surface area contributed by atoms with Crippen molar-refractivity contribution < 1.29 is 19.5 Å². The molecule has 10 nitrogen and oxygen atoms in total. The van der Waals surface area contributed by atoms with Gasteiger partial charge in [0, 0.05) is 30.1 Å². The Morgan fingerprint density at radius 2 is 1.60 bits per heavy atom. The number of amides is 1. The first-order valence-electron chi connectivity index (χ1n) is 15.8. The third-order valence-corrected chi connectivity index (χ3v) is 10.3. The third kappa shape index (κ3) is 5.45. The minimum atomic E-state index is -1.46. The standard InChI is InChI=1S/C32H43N5O5/c1-18(2)29(30(33)38)42-35-28(32(40)41)27-31(39)37(26-12-4-3-11-25(26)34-27)24-16-21-9-6-10-22(17-24)36(21)23-14-19-7-5-8-20(13-19)15-23/h3-4,11-12,18-24,29H,5-10,13-17H2,1-2H3,(H2,33,38)(H,40,41)/t19?,20?,21-,22+,23?,24?,29?. The largest absolute Gasteiger partial charge is 0.476 e. The summed E-state index contributed by atoms with van der Waals surface area (Å²) >= 11 is 0. The lowest BCUT2D eigenvalue weighted by Crippen LogP contribution is -2.58. The average molecular weight is 578 g/mol. The van der Waals surface area contributed by atoms with Gasteiger partial charge in [0.1, 0.15) is 0 Å². The lowest BCUT2D eigenvalue weighted by molar-refractivity contribution is -0.134. The van der Waals surface area contributed by atoms with Gasteiger partial charge in [0.15, 0.2) is 5.69 Å². The van der Waals surface area contributed by atoms with E-state index in [0.29, 0.717) is 29.2 Å². The highest BCUT2D eigenvalue weighted by atomic mass is 16.6. The van der Waals surface area contributed by atoms with Gasteiger partial charge in [-0.3, -0.25) is 14.5 Å². The molecule has 2 aromatic rings. The molecule has 6 rings (SSSR count). The fraction of sp³-hybridized carbons (Fsp3) is 0.656. The van der Waals surface area contributed by atoms with Crippen molar-refractivity contribution in [3.8, 4) is 0 Å². The van der Waals surface area contributed by atoms with Gasteiger partial charge in [0.05, 0.1) is 11.0 Å². The van der Waals surface area contributed by atoms with Crippen LogP contribution in [0.1, 0.15) is 96.2 Å². The van der Waals surface area contributed by atoms with E-state index in [2.05, 4.69) is 15.0 Å². The third-order valence-electron chi connectivity index (χ3n) is 10.3. The molecule has 0 spiro atoms. The summed E-state index contributed by atoms with van der Waals surface area (Å²) in [5.74, 6) is -0.840. The Balaban J connectivity index is 1.36. The molecule has 1 aromatic heterocycles. The van der Waals surface area contributed by atoms with Crippen molar-refractivity contribution in [1.82, 2.24) is 14.5 Å². The summed E-state index contributed by atoms with van der Waals surface area (Å²) in [6.07, 6.45) is 12.2. The van der Waals surface area contributed by atoms with Crippen LogP contribution in [0, 0.1) is 17.8 Å². The van der Waals surface area contributed by atoms with Gasteiger partial charge in [-0.25, -0.2) is 9.78 Å². The predicted molar refractivity (Wildman–Crippen MR) is 159 cm³/mol. The number of fused-ring (bicyclic) bond motifs is 5. The van der Waals surface area contributed by atoms with Crippen LogP contribution in [0.5, 0.6) is 0 Å². The number of primary amides is 1. The van der Waals surface area contributed by atoms with E-state index in [4.69, 9.17) is 10.6 Å². The Morgan fingerprint density at radius 3 is 2.21 bits per heavy atom. The van der Waals surface area contributed by atoms with Crippen LogP contribution < -0.4 is 11.3 Å². The van der Waals surface area contributed by atoms with Gasteiger partial charge < -0.3 is 20.2 Å². The molecule has 226 valence electrons. The van der Waals surface area contributed by atoms with Crippen molar-refractivity contribution >= 4 is 28.6 Å².